The number of hydrogen-bond acceptors (Lipinski definition) is 5. The van der Waals surface area contributed by atoms with E-state index in [1.54, 1.807) is 18.6 Å². The molecule has 0 aliphatic heterocycles. The highest BCUT2D eigenvalue weighted by Crippen LogP contribution is 2.24. The van der Waals surface area contributed by atoms with Crippen LogP contribution >= 0.6 is 22.6 Å². The first-order chi connectivity index (χ1) is 9.11. The van der Waals surface area contributed by atoms with Crippen molar-refractivity contribution in [3.05, 3.63) is 27.9 Å². The van der Waals surface area contributed by atoms with Gasteiger partial charge in [-0.25, -0.2) is 15.0 Å². The first-order valence-electron chi connectivity index (χ1n) is 6.12. The van der Waals surface area contributed by atoms with Crippen molar-refractivity contribution < 1.29 is 0 Å². The minimum Gasteiger partial charge on any atom is -0.372 e. The number of nitrogens with one attached hydrogen (secondary N) is 1. The van der Waals surface area contributed by atoms with E-state index in [1.165, 1.54) is 0 Å². The fourth-order valence-corrected chi connectivity index (χ4v) is 2.44. The highest BCUT2D eigenvalue weighted by atomic mass is 127. The highest BCUT2D eigenvalue weighted by Gasteiger charge is 2.14. The Balaban J connectivity index is 2.51. The molecule has 2 rings (SSSR count). The van der Waals surface area contributed by atoms with Gasteiger partial charge in [-0.15, -0.1) is 0 Å². The van der Waals surface area contributed by atoms with Crippen molar-refractivity contribution in [2.24, 2.45) is 5.92 Å². The summed E-state index contributed by atoms with van der Waals surface area (Å²) in [5.74, 6) is 2.00. The third-order valence-corrected chi connectivity index (χ3v) is 3.68. The first kappa shape index (κ1) is 14.1. The number of nitrogens with zero attached hydrogens (tertiary/aromatic N) is 4. The lowest BCUT2D eigenvalue weighted by Crippen LogP contribution is -2.08. The lowest BCUT2D eigenvalue weighted by Gasteiger charge is -2.12. The average molecular weight is 369 g/mol. The van der Waals surface area contributed by atoms with Crippen LogP contribution in [0.5, 0.6) is 0 Å². The number of anilines is 1. The van der Waals surface area contributed by atoms with E-state index in [4.69, 9.17) is 0 Å². The molecule has 19 heavy (non-hydrogen) atoms. The van der Waals surface area contributed by atoms with Crippen LogP contribution in [-0.4, -0.2) is 27.0 Å². The van der Waals surface area contributed by atoms with Gasteiger partial charge in [-0.1, -0.05) is 13.8 Å². The third-order valence-electron chi connectivity index (χ3n) is 2.55. The van der Waals surface area contributed by atoms with Crippen LogP contribution in [-0.2, 0) is 6.42 Å². The largest absolute Gasteiger partial charge is 0.372 e. The molecule has 0 fully saturated rings. The van der Waals surface area contributed by atoms with Crippen molar-refractivity contribution in [3.63, 3.8) is 0 Å². The molecule has 5 nitrogen and oxygen atoms in total. The number of aromatic nitrogens is 4. The summed E-state index contributed by atoms with van der Waals surface area (Å²) in [6.07, 6.45) is 5.89. The topological polar surface area (TPSA) is 63.6 Å². The molecule has 0 saturated carbocycles. The van der Waals surface area contributed by atoms with Gasteiger partial charge in [0.15, 0.2) is 5.82 Å². The maximum Gasteiger partial charge on any atom is 0.182 e. The van der Waals surface area contributed by atoms with Crippen LogP contribution < -0.4 is 5.32 Å². The molecule has 0 spiro atoms. The Morgan fingerprint density at radius 1 is 1.26 bits per heavy atom. The molecule has 0 aliphatic carbocycles. The van der Waals surface area contributed by atoms with Gasteiger partial charge >= 0.3 is 0 Å². The van der Waals surface area contributed by atoms with Crippen molar-refractivity contribution in [2.75, 3.05) is 12.4 Å². The van der Waals surface area contributed by atoms with E-state index < -0.39 is 0 Å². The van der Waals surface area contributed by atoms with E-state index in [2.05, 4.69) is 61.7 Å². The molecule has 2 aromatic rings. The maximum absolute atomic E-state index is 4.63. The maximum atomic E-state index is 4.63. The van der Waals surface area contributed by atoms with Gasteiger partial charge in [0.1, 0.15) is 11.5 Å². The van der Waals surface area contributed by atoms with Crippen LogP contribution in [0.4, 0.5) is 5.82 Å². The molecule has 0 saturated heterocycles. The molecular formula is C13H16IN5. The fourth-order valence-electron chi connectivity index (χ4n) is 1.71. The van der Waals surface area contributed by atoms with E-state index >= 15 is 0 Å². The minimum atomic E-state index is 0.544. The van der Waals surface area contributed by atoms with Crippen LogP contribution in [0.2, 0.25) is 0 Å². The van der Waals surface area contributed by atoms with Crippen molar-refractivity contribution in [2.45, 2.75) is 20.3 Å². The molecule has 0 amide bonds. The zero-order valence-corrected chi connectivity index (χ0v) is 13.3. The minimum absolute atomic E-state index is 0.544. The highest BCUT2D eigenvalue weighted by molar-refractivity contribution is 14.1. The van der Waals surface area contributed by atoms with Crippen molar-refractivity contribution in [3.8, 4) is 11.5 Å². The van der Waals surface area contributed by atoms with Gasteiger partial charge < -0.3 is 5.32 Å². The van der Waals surface area contributed by atoms with Gasteiger partial charge in [0.05, 0.1) is 15.5 Å². The van der Waals surface area contributed by atoms with Gasteiger partial charge in [0, 0.05) is 19.4 Å². The molecule has 0 atom stereocenters. The second-order valence-electron chi connectivity index (χ2n) is 4.60. The van der Waals surface area contributed by atoms with Crippen molar-refractivity contribution in [1.29, 1.82) is 0 Å². The van der Waals surface area contributed by atoms with E-state index in [9.17, 15) is 0 Å². The molecule has 0 aromatic carbocycles. The van der Waals surface area contributed by atoms with E-state index in [-0.39, 0.29) is 0 Å². The third kappa shape index (κ3) is 3.37. The number of hydrogen-bond donors (Lipinski definition) is 1. The summed E-state index contributed by atoms with van der Waals surface area (Å²) in [6, 6.07) is 0. The summed E-state index contributed by atoms with van der Waals surface area (Å²) in [7, 11) is 1.87. The Kier molecular flexibility index (Phi) is 4.62. The van der Waals surface area contributed by atoms with Gasteiger partial charge in [-0.2, -0.15) is 0 Å². The second-order valence-corrected chi connectivity index (χ2v) is 5.67. The summed E-state index contributed by atoms with van der Waals surface area (Å²) >= 11 is 2.29. The predicted octanol–water partition coefficient (Wildman–Crippen LogP) is 2.78. The SMILES string of the molecule is CNc1nc(-c2cnccn2)nc(CC(C)C)c1I. The number of rotatable bonds is 4. The molecule has 6 heteroatoms. The van der Waals surface area contributed by atoms with E-state index in [1.807, 2.05) is 7.05 Å². The first-order valence-corrected chi connectivity index (χ1v) is 7.20. The zero-order valence-electron chi connectivity index (χ0n) is 11.2. The Bertz CT molecular complexity index is 556. The number of halogens is 1. The lowest BCUT2D eigenvalue weighted by molar-refractivity contribution is 0.632. The Morgan fingerprint density at radius 2 is 2.05 bits per heavy atom. The molecule has 0 unspecified atom stereocenters. The van der Waals surface area contributed by atoms with Crippen LogP contribution in [0.3, 0.4) is 0 Å². The monoisotopic (exact) mass is 369 g/mol. The van der Waals surface area contributed by atoms with Gasteiger partial charge in [0.25, 0.3) is 0 Å². The van der Waals surface area contributed by atoms with Crippen molar-refractivity contribution >= 4 is 28.4 Å². The van der Waals surface area contributed by atoms with Crippen molar-refractivity contribution in [1.82, 2.24) is 19.9 Å². The normalized spacial score (nSPS) is 10.8. The van der Waals surface area contributed by atoms with E-state index in [0.29, 0.717) is 17.4 Å². The van der Waals surface area contributed by atoms with E-state index in [0.717, 1.165) is 21.5 Å². The molecule has 0 bridgehead atoms. The second kappa shape index (κ2) is 6.23. The predicted molar refractivity (Wildman–Crippen MR) is 83.9 cm³/mol. The summed E-state index contributed by atoms with van der Waals surface area (Å²) in [6.45, 7) is 4.36. The van der Waals surface area contributed by atoms with Gasteiger partial charge in [0.2, 0.25) is 0 Å². The van der Waals surface area contributed by atoms with Gasteiger partial charge in [-0.3, -0.25) is 4.98 Å². The zero-order chi connectivity index (χ0) is 13.8. The van der Waals surface area contributed by atoms with Crippen LogP contribution in [0.25, 0.3) is 11.5 Å². The van der Waals surface area contributed by atoms with Gasteiger partial charge in [-0.05, 0) is 34.9 Å². The molecule has 2 heterocycles. The molecule has 100 valence electrons. The Labute approximate surface area is 126 Å². The average Bonchev–Trinajstić information content (AvgIpc) is 2.41. The van der Waals surface area contributed by atoms with Crippen LogP contribution in [0, 0.1) is 9.49 Å². The fraction of sp³-hybridized carbons (Fsp3) is 0.385. The Morgan fingerprint density at radius 3 is 2.63 bits per heavy atom. The molecule has 1 N–H and O–H groups in total. The summed E-state index contributed by atoms with van der Waals surface area (Å²) in [4.78, 5) is 17.4. The molecule has 0 radical (unpaired) electrons. The molecule has 0 aliphatic rings. The standard InChI is InChI=1S/C13H16IN5/c1-8(2)6-9-11(14)13(15-3)19-12(18-9)10-7-16-4-5-17-10/h4-5,7-8H,6H2,1-3H3,(H,15,18,19). The molecule has 2 aromatic heterocycles. The van der Waals surface area contributed by atoms with Crippen LogP contribution in [0.1, 0.15) is 19.5 Å². The summed E-state index contributed by atoms with van der Waals surface area (Å²) < 4.78 is 1.07. The van der Waals surface area contributed by atoms with Crippen LogP contribution in [0.15, 0.2) is 18.6 Å². The quantitative estimate of drug-likeness (QED) is 0.840. The smallest absolute Gasteiger partial charge is 0.182 e. The molecular weight excluding hydrogens is 353 g/mol. The summed E-state index contributed by atoms with van der Waals surface area (Å²) in [5, 5.41) is 3.11. The lowest BCUT2D eigenvalue weighted by atomic mass is 10.1. The summed E-state index contributed by atoms with van der Waals surface area (Å²) in [5.41, 5.74) is 1.75. The Hall–Kier alpha value is -1.31.